The van der Waals surface area contributed by atoms with Crippen molar-refractivity contribution in [1.29, 1.82) is 5.26 Å². The van der Waals surface area contributed by atoms with E-state index in [1.807, 2.05) is 36.4 Å². The van der Waals surface area contributed by atoms with E-state index in [2.05, 4.69) is 21.6 Å². The summed E-state index contributed by atoms with van der Waals surface area (Å²) in [7, 11) is 0. The lowest BCUT2D eigenvalue weighted by Gasteiger charge is -2.57. The summed E-state index contributed by atoms with van der Waals surface area (Å²) in [5, 5.41) is 31.3. The molecule has 2 amide bonds. The summed E-state index contributed by atoms with van der Waals surface area (Å²) >= 11 is 0. The number of hydrogen-bond acceptors (Lipinski definition) is 9. The Morgan fingerprint density at radius 2 is 1.86 bits per heavy atom. The number of anilines is 1. The Morgan fingerprint density at radius 3 is 2.56 bits per heavy atom. The highest BCUT2D eigenvalue weighted by Crippen LogP contribution is 2.57. The van der Waals surface area contributed by atoms with Gasteiger partial charge in [0.2, 0.25) is 0 Å². The van der Waals surface area contributed by atoms with Crippen molar-refractivity contribution >= 4 is 23.1 Å². The number of carbonyl (C=O) groups is 2. The average molecular weight is 675 g/mol. The van der Waals surface area contributed by atoms with Crippen LogP contribution in [0.25, 0.3) is 22.3 Å². The van der Waals surface area contributed by atoms with Crippen LogP contribution in [0.1, 0.15) is 71.5 Å². The zero-order valence-corrected chi connectivity index (χ0v) is 28.0. The lowest BCUT2D eigenvalue weighted by molar-refractivity contribution is -0.0834. The van der Waals surface area contributed by atoms with Crippen LogP contribution in [-0.4, -0.2) is 60.7 Å². The number of carbonyl (C=O) groups excluding carboxylic acids is 2. The van der Waals surface area contributed by atoms with E-state index in [0.717, 1.165) is 36.8 Å². The summed E-state index contributed by atoms with van der Waals surface area (Å²) in [6.45, 7) is 5.20. The summed E-state index contributed by atoms with van der Waals surface area (Å²) in [5.74, 6) is 0.484. The lowest BCUT2D eigenvalue weighted by Crippen LogP contribution is -2.58. The molecule has 7 rings (SSSR count). The number of nitrogens with one attached hydrogen (secondary N) is 1. The van der Waals surface area contributed by atoms with E-state index in [0.29, 0.717) is 45.1 Å². The van der Waals surface area contributed by atoms with Crippen molar-refractivity contribution in [2.45, 2.75) is 64.2 Å². The Labute approximate surface area is 288 Å². The van der Waals surface area contributed by atoms with Crippen molar-refractivity contribution in [3.05, 3.63) is 89.4 Å². The van der Waals surface area contributed by atoms with E-state index in [4.69, 9.17) is 20.9 Å². The third-order valence-corrected chi connectivity index (χ3v) is 9.51. The molecule has 3 heterocycles. The molecule has 0 saturated heterocycles. The summed E-state index contributed by atoms with van der Waals surface area (Å²) in [6, 6.07) is 18.6. The number of aliphatic hydroxyl groups is 1. The van der Waals surface area contributed by atoms with Gasteiger partial charge >= 0.3 is 0 Å². The van der Waals surface area contributed by atoms with Crippen LogP contribution >= 0.6 is 0 Å². The van der Waals surface area contributed by atoms with Crippen LogP contribution in [0.15, 0.2) is 67.0 Å². The fourth-order valence-corrected chi connectivity index (χ4v) is 7.04. The number of amides is 2. The normalized spacial score (nSPS) is 19.7. The molecule has 0 unspecified atom stereocenters. The maximum absolute atomic E-state index is 13.2. The maximum Gasteiger partial charge on any atom is 0.255 e. The van der Waals surface area contributed by atoms with E-state index < -0.39 is 11.5 Å². The summed E-state index contributed by atoms with van der Waals surface area (Å²) < 4.78 is 15.2. The Balaban J connectivity index is 0.976. The van der Waals surface area contributed by atoms with Gasteiger partial charge in [0, 0.05) is 6.04 Å². The molecule has 13 nitrogen and oxygen atoms in total. The number of hydrogen-bond donors (Lipinski definition) is 4. The van der Waals surface area contributed by atoms with Crippen LogP contribution in [0.2, 0.25) is 0 Å². The Kier molecular flexibility index (Phi) is 7.99. The fourth-order valence-electron chi connectivity index (χ4n) is 7.04. The smallest absolute Gasteiger partial charge is 0.255 e. The highest BCUT2D eigenvalue weighted by atomic mass is 16.5. The predicted molar refractivity (Wildman–Crippen MR) is 185 cm³/mol. The third-order valence-electron chi connectivity index (χ3n) is 9.51. The molecule has 0 aliphatic heterocycles. The van der Waals surface area contributed by atoms with Crippen LogP contribution in [0.4, 0.5) is 5.82 Å². The number of aryl methyl sites for hydroxylation is 1. The molecular formula is C37H38N8O5. The molecule has 0 radical (unpaired) electrons. The van der Waals surface area contributed by atoms with Crippen molar-refractivity contribution in [2.75, 3.05) is 12.3 Å². The third kappa shape index (κ3) is 6.21. The number of rotatable bonds is 10. The SMILES string of the molecule is Cc1nn(-c2cccc(-c3ccc(C(N)=O)c(OC4CC5(CC(NC(=O)c6cnn7cc(OCC(C)(C)O)ccc67)C5)C4)c3)c2)c(N)c1C#N. The second-order valence-corrected chi connectivity index (χ2v) is 14.1. The average Bonchev–Trinajstić information content (AvgIpc) is 3.60. The van der Waals surface area contributed by atoms with Crippen LogP contribution < -0.4 is 26.3 Å². The molecule has 0 atom stereocenters. The largest absolute Gasteiger partial charge is 0.490 e. The number of nitriles is 1. The van der Waals surface area contributed by atoms with Crippen LogP contribution in [0, 0.1) is 23.7 Å². The molecule has 50 heavy (non-hydrogen) atoms. The summed E-state index contributed by atoms with van der Waals surface area (Å²) in [6.07, 6.45) is 6.44. The molecule has 13 heteroatoms. The van der Waals surface area contributed by atoms with Gasteiger partial charge in [0.05, 0.1) is 52.1 Å². The monoisotopic (exact) mass is 674 g/mol. The van der Waals surface area contributed by atoms with Crippen molar-refractivity contribution < 1.29 is 24.2 Å². The standard InChI is InChI=1S/C37H38N8O5/c1-21-29(17-38)33(39)45(43-21)25-6-4-5-22(11-25)23-7-9-28(34(40)46)32(12-23)50-27-15-37(16-27)13-24(14-37)42-35(47)30-18-41-44-19-26(8-10-31(30)44)49-20-36(2,3)48/h4-12,18-19,24,27,48H,13-16,20,39H2,1-3H3,(H2,40,46)(H,42,47). The minimum Gasteiger partial charge on any atom is -0.490 e. The number of nitrogens with two attached hydrogens (primary N) is 2. The Morgan fingerprint density at radius 1 is 1.10 bits per heavy atom. The fraction of sp³-hybridized carbons (Fsp3) is 0.324. The maximum atomic E-state index is 13.2. The number of nitrogens with zero attached hydrogens (tertiary/aromatic N) is 5. The first-order valence-electron chi connectivity index (χ1n) is 16.4. The Bertz CT molecular complexity index is 2180. The van der Waals surface area contributed by atoms with E-state index in [1.165, 1.54) is 0 Å². The predicted octanol–water partition coefficient (Wildman–Crippen LogP) is 4.32. The molecule has 1 spiro atoms. The highest BCUT2D eigenvalue weighted by molar-refractivity contribution is 6.01. The first-order chi connectivity index (χ1) is 23.8. The molecule has 2 aliphatic rings. The molecular weight excluding hydrogens is 636 g/mol. The van der Waals surface area contributed by atoms with Gasteiger partial charge in [0.25, 0.3) is 11.8 Å². The van der Waals surface area contributed by atoms with Gasteiger partial charge in [-0.2, -0.15) is 15.5 Å². The minimum atomic E-state index is -0.967. The molecule has 0 bridgehead atoms. The molecule has 256 valence electrons. The number of aromatic nitrogens is 4. The van der Waals surface area contributed by atoms with Crippen LogP contribution in [0.3, 0.4) is 0 Å². The molecule has 2 aliphatic carbocycles. The van der Waals surface area contributed by atoms with Gasteiger partial charge < -0.3 is 31.4 Å². The van der Waals surface area contributed by atoms with E-state index in [-0.39, 0.29) is 35.9 Å². The summed E-state index contributed by atoms with van der Waals surface area (Å²) in [4.78, 5) is 25.5. The van der Waals surface area contributed by atoms with Gasteiger partial charge in [-0.05, 0) is 99.4 Å². The van der Waals surface area contributed by atoms with Crippen molar-refractivity contribution in [3.63, 3.8) is 0 Å². The quantitative estimate of drug-likeness (QED) is 0.167. The van der Waals surface area contributed by atoms with E-state index in [1.54, 1.807) is 60.6 Å². The number of nitrogen functional groups attached to an aromatic ring is 1. The molecule has 3 aromatic heterocycles. The number of benzene rings is 2. The van der Waals surface area contributed by atoms with E-state index in [9.17, 15) is 20.0 Å². The van der Waals surface area contributed by atoms with Gasteiger partial charge in [0.1, 0.15) is 35.6 Å². The van der Waals surface area contributed by atoms with Crippen LogP contribution in [-0.2, 0) is 0 Å². The number of ether oxygens (including phenoxy) is 2. The second-order valence-electron chi connectivity index (χ2n) is 14.1. The second kappa shape index (κ2) is 12.2. The summed E-state index contributed by atoms with van der Waals surface area (Å²) in [5.41, 5.74) is 15.7. The molecule has 2 aromatic carbocycles. The number of primary amides is 1. The van der Waals surface area contributed by atoms with Gasteiger partial charge in [0.15, 0.2) is 0 Å². The van der Waals surface area contributed by atoms with Crippen molar-refractivity contribution in [1.82, 2.24) is 24.7 Å². The zero-order valence-electron chi connectivity index (χ0n) is 28.0. The molecule has 6 N–H and O–H groups in total. The van der Waals surface area contributed by atoms with Crippen LogP contribution in [0.5, 0.6) is 11.5 Å². The molecule has 2 fully saturated rings. The minimum absolute atomic E-state index is 0.0430. The van der Waals surface area contributed by atoms with Gasteiger partial charge in [-0.25, -0.2) is 9.20 Å². The van der Waals surface area contributed by atoms with E-state index >= 15 is 0 Å². The molecule has 5 aromatic rings. The topological polar surface area (TPSA) is 196 Å². The highest BCUT2D eigenvalue weighted by Gasteiger charge is 2.54. The first-order valence-corrected chi connectivity index (χ1v) is 16.4. The zero-order chi connectivity index (χ0) is 35.4. The van der Waals surface area contributed by atoms with Crippen molar-refractivity contribution in [3.8, 4) is 34.4 Å². The first kappa shape index (κ1) is 32.7. The number of pyridine rings is 1. The van der Waals surface area contributed by atoms with Gasteiger partial charge in [-0.15, -0.1) is 0 Å². The van der Waals surface area contributed by atoms with Gasteiger partial charge in [-0.3, -0.25) is 9.59 Å². The number of fused-ring (bicyclic) bond motifs is 1. The lowest BCUT2D eigenvalue weighted by atomic mass is 9.53. The van der Waals surface area contributed by atoms with Crippen molar-refractivity contribution in [2.24, 2.45) is 11.1 Å². The Hall–Kier alpha value is -5.87. The molecule has 2 saturated carbocycles. The van der Waals surface area contributed by atoms with Gasteiger partial charge in [-0.1, -0.05) is 18.2 Å².